The van der Waals surface area contributed by atoms with Gasteiger partial charge in [-0.2, -0.15) is 0 Å². The maximum absolute atomic E-state index is 11.3. The normalized spacial score (nSPS) is 11.9. The summed E-state index contributed by atoms with van der Waals surface area (Å²) in [5, 5.41) is 12.7. The van der Waals surface area contributed by atoms with Gasteiger partial charge < -0.3 is 10.4 Å². The maximum atomic E-state index is 11.3. The predicted octanol–water partition coefficient (Wildman–Crippen LogP) is 4.52. The first-order valence-electron chi connectivity index (χ1n) is 6.34. The van der Waals surface area contributed by atoms with Gasteiger partial charge in [0.2, 0.25) is 0 Å². The van der Waals surface area contributed by atoms with Gasteiger partial charge in [0.15, 0.2) is 0 Å². The minimum Gasteiger partial charge on any atom is -0.478 e. The zero-order chi connectivity index (χ0) is 14.7. The van der Waals surface area contributed by atoms with Gasteiger partial charge >= 0.3 is 5.97 Å². The number of carboxylic acids is 1. The van der Waals surface area contributed by atoms with Crippen molar-refractivity contribution in [2.24, 2.45) is 0 Å². The summed E-state index contributed by atoms with van der Waals surface area (Å²) >= 11 is 5.96. The lowest BCUT2D eigenvalue weighted by atomic mass is 10.0. The molecule has 0 saturated carbocycles. The average molecular weight is 290 g/mol. The molecule has 0 radical (unpaired) electrons. The fraction of sp³-hybridized carbons (Fsp3) is 0.188. The van der Waals surface area contributed by atoms with Gasteiger partial charge in [0.05, 0.1) is 10.7 Å². The first-order chi connectivity index (χ1) is 9.50. The van der Waals surface area contributed by atoms with Crippen molar-refractivity contribution >= 4 is 23.3 Å². The van der Waals surface area contributed by atoms with E-state index in [9.17, 15) is 9.90 Å². The van der Waals surface area contributed by atoms with Crippen LogP contribution in [-0.2, 0) is 0 Å². The summed E-state index contributed by atoms with van der Waals surface area (Å²) in [4.78, 5) is 11.3. The lowest BCUT2D eigenvalue weighted by molar-refractivity contribution is 0.0698. The summed E-state index contributed by atoms with van der Waals surface area (Å²) in [6.45, 7) is 4.03. The van der Waals surface area contributed by atoms with Crippen molar-refractivity contribution in [1.82, 2.24) is 0 Å². The van der Waals surface area contributed by atoms with Crippen LogP contribution in [0.2, 0.25) is 5.02 Å². The number of carbonyl (C=O) groups is 1. The Morgan fingerprint density at radius 1 is 1.20 bits per heavy atom. The summed E-state index contributed by atoms with van der Waals surface area (Å²) in [5.74, 6) is -1.03. The molecule has 1 unspecified atom stereocenters. The van der Waals surface area contributed by atoms with Crippen molar-refractivity contribution in [1.29, 1.82) is 0 Å². The number of hydrogen-bond acceptors (Lipinski definition) is 2. The van der Waals surface area contributed by atoms with Crippen molar-refractivity contribution in [2.45, 2.75) is 19.9 Å². The molecule has 2 N–H and O–H groups in total. The zero-order valence-electron chi connectivity index (χ0n) is 11.4. The second-order valence-corrected chi connectivity index (χ2v) is 5.10. The summed E-state index contributed by atoms with van der Waals surface area (Å²) in [6.07, 6.45) is 0. The number of halogens is 1. The summed E-state index contributed by atoms with van der Waals surface area (Å²) in [7, 11) is 0. The highest BCUT2D eigenvalue weighted by atomic mass is 35.5. The molecular weight excluding hydrogens is 274 g/mol. The van der Waals surface area contributed by atoms with Crippen molar-refractivity contribution < 1.29 is 9.90 Å². The van der Waals surface area contributed by atoms with Crippen molar-refractivity contribution in [3.8, 4) is 0 Å². The van der Waals surface area contributed by atoms with Gasteiger partial charge in [0.1, 0.15) is 5.56 Å². The molecule has 0 bridgehead atoms. The van der Waals surface area contributed by atoms with Crippen molar-refractivity contribution in [3.05, 3.63) is 64.2 Å². The second kappa shape index (κ2) is 5.97. The number of nitrogens with one attached hydrogen (secondary N) is 1. The molecular formula is C16H16ClNO2. The molecule has 0 aliphatic rings. The van der Waals surface area contributed by atoms with Gasteiger partial charge in [0.25, 0.3) is 0 Å². The van der Waals surface area contributed by atoms with E-state index in [-0.39, 0.29) is 16.6 Å². The van der Waals surface area contributed by atoms with Crippen LogP contribution in [0.1, 0.15) is 34.5 Å². The van der Waals surface area contributed by atoms with Gasteiger partial charge in [-0.1, -0.05) is 41.9 Å². The SMILES string of the molecule is Cc1ccccc1C(C)Nc1cccc(Cl)c1C(=O)O. The molecule has 0 aliphatic carbocycles. The van der Waals surface area contributed by atoms with Gasteiger partial charge in [0, 0.05) is 6.04 Å². The third-order valence-electron chi connectivity index (χ3n) is 3.25. The van der Waals surface area contributed by atoms with Gasteiger partial charge in [-0.15, -0.1) is 0 Å². The molecule has 3 nitrogen and oxygen atoms in total. The minimum absolute atomic E-state index is 0.00670. The van der Waals surface area contributed by atoms with Crippen LogP contribution in [0.3, 0.4) is 0 Å². The topological polar surface area (TPSA) is 49.3 Å². The number of carboxylic acid groups (broad SMARTS) is 1. The van der Waals surface area contributed by atoms with Crippen molar-refractivity contribution in [3.63, 3.8) is 0 Å². The molecule has 4 heteroatoms. The molecule has 1 atom stereocenters. The molecule has 0 aromatic heterocycles. The van der Waals surface area contributed by atoms with Crippen LogP contribution in [0.25, 0.3) is 0 Å². The largest absolute Gasteiger partial charge is 0.478 e. The van der Waals surface area contributed by atoms with E-state index in [0.29, 0.717) is 5.69 Å². The van der Waals surface area contributed by atoms with E-state index in [2.05, 4.69) is 5.32 Å². The Morgan fingerprint density at radius 3 is 2.55 bits per heavy atom. The summed E-state index contributed by atoms with van der Waals surface area (Å²) in [6, 6.07) is 13.0. The van der Waals surface area contributed by atoms with Crippen LogP contribution in [0.15, 0.2) is 42.5 Å². The Balaban J connectivity index is 2.33. The smallest absolute Gasteiger partial charge is 0.339 e. The molecule has 2 rings (SSSR count). The molecule has 0 amide bonds. The number of aromatic carboxylic acids is 1. The van der Waals surface area contributed by atoms with E-state index >= 15 is 0 Å². The molecule has 20 heavy (non-hydrogen) atoms. The van der Waals surface area contributed by atoms with E-state index in [0.717, 1.165) is 11.1 Å². The first kappa shape index (κ1) is 14.4. The van der Waals surface area contributed by atoms with Gasteiger partial charge in [-0.3, -0.25) is 0 Å². The number of anilines is 1. The number of benzene rings is 2. The van der Waals surface area contributed by atoms with Gasteiger partial charge in [-0.25, -0.2) is 4.79 Å². The molecule has 0 aliphatic heterocycles. The molecule has 0 heterocycles. The summed E-state index contributed by atoms with van der Waals surface area (Å²) < 4.78 is 0. The number of aryl methyl sites for hydroxylation is 1. The van der Waals surface area contributed by atoms with E-state index in [4.69, 9.17) is 11.6 Å². The van der Waals surface area contributed by atoms with E-state index in [1.807, 2.05) is 38.1 Å². The Kier molecular flexibility index (Phi) is 4.30. The standard InChI is InChI=1S/C16H16ClNO2/c1-10-6-3-4-7-12(10)11(2)18-14-9-5-8-13(17)15(14)16(19)20/h3-9,11,18H,1-2H3,(H,19,20). The highest BCUT2D eigenvalue weighted by molar-refractivity contribution is 6.34. The molecule has 2 aromatic carbocycles. The third-order valence-corrected chi connectivity index (χ3v) is 3.57. The highest BCUT2D eigenvalue weighted by Crippen LogP contribution is 2.28. The lowest BCUT2D eigenvalue weighted by Crippen LogP contribution is -2.12. The molecule has 0 saturated heterocycles. The predicted molar refractivity (Wildman–Crippen MR) is 81.6 cm³/mol. The van der Waals surface area contributed by atoms with Crippen LogP contribution >= 0.6 is 11.6 Å². The molecule has 0 fully saturated rings. The Bertz CT molecular complexity index is 640. The number of hydrogen-bond donors (Lipinski definition) is 2. The lowest BCUT2D eigenvalue weighted by Gasteiger charge is -2.19. The maximum Gasteiger partial charge on any atom is 0.339 e. The van der Waals surface area contributed by atoms with Crippen LogP contribution < -0.4 is 5.32 Å². The quantitative estimate of drug-likeness (QED) is 0.870. The van der Waals surface area contributed by atoms with Crippen LogP contribution in [-0.4, -0.2) is 11.1 Å². The summed E-state index contributed by atoms with van der Waals surface area (Å²) in [5.41, 5.74) is 2.92. The molecule has 0 spiro atoms. The Morgan fingerprint density at radius 2 is 1.90 bits per heavy atom. The van der Waals surface area contributed by atoms with Gasteiger partial charge in [-0.05, 0) is 37.1 Å². The second-order valence-electron chi connectivity index (χ2n) is 4.69. The monoisotopic (exact) mass is 289 g/mol. The Labute approximate surface area is 123 Å². The van der Waals surface area contributed by atoms with E-state index in [1.165, 1.54) is 0 Å². The molecule has 104 valence electrons. The molecule has 2 aromatic rings. The Hall–Kier alpha value is -2.00. The number of rotatable bonds is 4. The van der Waals surface area contributed by atoms with E-state index < -0.39 is 5.97 Å². The van der Waals surface area contributed by atoms with Crippen LogP contribution in [0.5, 0.6) is 0 Å². The first-order valence-corrected chi connectivity index (χ1v) is 6.72. The van der Waals surface area contributed by atoms with Crippen LogP contribution in [0.4, 0.5) is 5.69 Å². The van der Waals surface area contributed by atoms with Crippen molar-refractivity contribution in [2.75, 3.05) is 5.32 Å². The fourth-order valence-electron chi connectivity index (χ4n) is 2.25. The minimum atomic E-state index is -1.03. The zero-order valence-corrected chi connectivity index (χ0v) is 12.1. The van der Waals surface area contributed by atoms with Crippen LogP contribution in [0, 0.1) is 6.92 Å². The highest BCUT2D eigenvalue weighted by Gasteiger charge is 2.16. The fourth-order valence-corrected chi connectivity index (χ4v) is 2.50. The van der Waals surface area contributed by atoms with E-state index in [1.54, 1.807) is 18.2 Å². The average Bonchev–Trinajstić information content (AvgIpc) is 2.38. The third kappa shape index (κ3) is 2.94.